The van der Waals surface area contributed by atoms with Gasteiger partial charge in [0.05, 0.1) is 6.42 Å². The molecule has 0 aliphatic carbocycles. The molecule has 1 amide bonds. The smallest absolute Gasteiger partial charge is 0.227 e. The van der Waals surface area contributed by atoms with Crippen LogP contribution in [0.5, 0.6) is 0 Å². The molecule has 2 aliphatic rings. The van der Waals surface area contributed by atoms with Gasteiger partial charge in [0, 0.05) is 24.2 Å². The number of carbonyl (C=O) groups is 1. The van der Waals surface area contributed by atoms with Crippen molar-refractivity contribution in [2.75, 3.05) is 26.2 Å². The van der Waals surface area contributed by atoms with E-state index in [1.165, 1.54) is 45.2 Å². The fourth-order valence-electron chi connectivity index (χ4n) is 4.02. The summed E-state index contributed by atoms with van der Waals surface area (Å²) >= 11 is 5.94. The Kier molecular flexibility index (Phi) is 6.56. The van der Waals surface area contributed by atoms with E-state index in [4.69, 9.17) is 11.6 Å². The molecule has 3 rings (SSSR count). The largest absolute Gasteiger partial charge is 0.339 e. The molecule has 0 bridgehead atoms. The first-order valence-corrected chi connectivity index (χ1v) is 9.86. The van der Waals surface area contributed by atoms with Crippen molar-refractivity contribution in [1.82, 2.24) is 9.80 Å². The highest BCUT2D eigenvalue weighted by Gasteiger charge is 2.27. The van der Waals surface area contributed by atoms with Gasteiger partial charge < -0.3 is 9.80 Å². The molecule has 1 aromatic carbocycles. The van der Waals surface area contributed by atoms with Crippen LogP contribution in [0.25, 0.3) is 0 Å². The zero-order valence-electron chi connectivity index (χ0n) is 14.6. The van der Waals surface area contributed by atoms with Gasteiger partial charge in [0.25, 0.3) is 0 Å². The minimum absolute atomic E-state index is 0.278. The maximum atomic E-state index is 12.8. The summed E-state index contributed by atoms with van der Waals surface area (Å²) in [6, 6.07) is 8.10. The van der Waals surface area contributed by atoms with Crippen molar-refractivity contribution < 1.29 is 4.79 Å². The topological polar surface area (TPSA) is 23.6 Å². The Morgan fingerprint density at radius 1 is 1.00 bits per heavy atom. The third kappa shape index (κ3) is 4.97. The molecule has 3 nitrogen and oxygen atoms in total. The first kappa shape index (κ1) is 17.8. The molecule has 0 N–H and O–H groups in total. The first-order valence-electron chi connectivity index (χ1n) is 9.48. The third-order valence-electron chi connectivity index (χ3n) is 5.44. The molecule has 2 saturated heterocycles. The Bertz CT molecular complexity index is 525. The summed E-state index contributed by atoms with van der Waals surface area (Å²) in [5.41, 5.74) is 1.06. The molecule has 0 radical (unpaired) electrons. The van der Waals surface area contributed by atoms with Crippen LogP contribution in [0.1, 0.15) is 50.5 Å². The van der Waals surface area contributed by atoms with Gasteiger partial charge in [-0.15, -0.1) is 0 Å². The Hall–Kier alpha value is -1.06. The second-order valence-electron chi connectivity index (χ2n) is 7.23. The number of benzene rings is 1. The molecule has 0 aromatic heterocycles. The molecule has 4 heteroatoms. The third-order valence-corrected chi connectivity index (χ3v) is 5.70. The minimum Gasteiger partial charge on any atom is -0.339 e. The number of likely N-dealkylation sites (tertiary alicyclic amines) is 2. The van der Waals surface area contributed by atoms with Crippen molar-refractivity contribution in [3.8, 4) is 0 Å². The Labute approximate surface area is 151 Å². The lowest BCUT2D eigenvalue weighted by atomic mass is 9.97. The van der Waals surface area contributed by atoms with Crippen molar-refractivity contribution in [3.05, 3.63) is 34.9 Å². The highest BCUT2D eigenvalue weighted by molar-refractivity contribution is 6.30. The molecular formula is C20H29ClN2O. The van der Waals surface area contributed by atoms with Crippen molar-refractivity contribution in [2.45, 2.75) is 57.4 Å². The summed E-state index contributed by atoms with van der Waals surface area (Å²) in [6.45, 7) is 4.56. The van der Waals surface area contributed by atoms with Gasteiger partial charge in [0.2, 0.25) is 5.91 Å². The van der Waals surface area contributed by atoms with Crippen molar-refractivity contribution in [1.29, 1.82) is 0 Å². The van der Waals surface area contributed by atoms with Crippen LogP contribution in [0.4, 0.5) is 0 Å². The van der Waals surface area contributed by atoms with Gasteiger partial charge in [-0.2, -0.15) is 0 Å². The van der Waals surface area contributed by atoms with Gasteiger partial charge in [-0.1, -0.05) is 30.2 Å². The standard InChI is InChI=1S/C20H29ClN2O/c21-18-9-7-17(8-10-18)16-20(24)23-14-5-2-6-19(23)11-15-22-12-3-1-4-13-22/h7-10,19H,1-6,11-16H2/t19-/m1/s1. The lowest BCUT2D eigenvalue weighted by Gasteiger charge is -2.37. The molecular weight excluding hydrogens is 320 g/mol. The quantitative estimate of drug-likeness (QED) is 0.798. The van der Waals surface area contributed by atoms with Crippen LogP contribution in [-0.4, -0.2) is 47.9 Å². The molecule has 2 heterocycles. The number of nitrogens with zero attached hydrogens (tertiary/aromatic N) is 2. The van der Waals surface area contributed by atoms with E-state index in [-0.39, 0.29) is 5.91 Å². The predicted octanol–water partition coefficient (Wildman–Crippen LogP) is 4.14. The highest BCUT2D eigenvalue weighted by Crippen LogP contribution is 2.22. The number of amides is 1. The summed E-state index contributed by atoms with van der Waals surface area (Å²) in [7, 11) is 0. The van der Waals surface area contributed by atoms with Gasteiger partial charge in [0.1, 0.15) is 0 Å². The summed E-state index contributed by atoms with van der Waals surface area (Å²) in [4.78, 5) is 17.5. The number of piperidine rings is 2. The Morgan fingerprint density at radius 2 is 1.71 bits per heavy atom. The van der Waals surface area contributed by atoms with E-state index in [0.717, 1.165) is 36.5 Å². The minimum atomic E-state index is 0.278. The van der Waals surface area contributed by atoms with Crippen LogP contribution in [0, 0.1) is 0 Å². The average molecular weight is 349 g/mol. The maximum Gasteiger partial charge on any atom is 0.227 e. The average Bonchev–Trinajstić information content (AvgIpc) is 2.63. The van der Waals surface area contributed by atoms with Gasteiger partial charge in [-0.3, -0.25) is 4.79 Å². The predicted molar refractivity (Wildman–Crippen MR) is 99.4 cm³/mol. The summed E-state index contributed by atoms with van der Waals surface area (Å²) in [6.07, 6.45) is 9.26. The Balaban J connectivity index is 1.54. The molecule has 0 saturated carbocycles. The molecule has 2 fully saturated rings. The fourth-order valence-corrected chi connectivity index (χ4v) is 4.15. The van der Waals surface area contributed by atoms with Crippen molar-refractivity contribution in [2.24, 2.45) is 0 Å². The normalized spacial score (nSPS) is 22.5. The summed E-state index contributed by atoms with van der Waals surface area (Å²) in [5.74, 6) is 0.278. The number of hydrogen-bond donors (Lipinski definition) is 0. The Morgan fingerprint density at radius 3 is 2.46 bits per heavy atom. The SMILES string of the molecule is O=C(Cc1ccc(Cl)cc1)N1CCCC[C@@H]1CCN1CCCCC1. The van der Waals surface area contributed by atoms with Crippen LogP contribution in [0.2, 0.25) is 5.02 Å². The molecule has 1 aromatic rings. The molecule has 2 aliphatic heterocycles. The summed E-state index contributed by atoms with van der Waals surface area (Å²) < 4.78 is 0. The van der Waals surface area contributed by atoms with E-state index in [1.807, 2.05) is 24.3 Å². The van der Waals surface area contributed by atoms with Crippen molar-refractivity contribution in [3.63, 3.8) is 0 Å². The molecule has 24 heavy (non-hydrogen) atoms. The van der Waals surface area contributed by atoms with Crippen molar-refractivity contribution >= 4 is 17.5 Å². The fraction of sp³-hybridized carbons (Fsp3) is 0.650. The lowest BCUT2D eigenvalue weighted by molar-refractivity contribution is -0.134. The van der Waals surface area contributed by atoms with Crippen LogP contribution < -0.4 is 0 Å². The second kappa shape index (κ2) is 8.87. The van der Waals surface area contributed by atoms with E-state index >= 15 is 0 Å². The van der Waals surface area contributed by atoms with Gasteiger partial charge in [0.15, 0.2) is 0 Å². The lowest BCUT2D eigenvalue weighted by Crippen LogP contribution is -2.46. The molecule has 1 atom stereocenters. The number of carbonyl (C=O) groups excluding carboxylic acids is 1. The van der Waals surface area contributed by atoms with Gasteiger partial charge in [-0.25, -0.2) is 0 Å². The number of halogens is 1. The van der Waals surface area contributed by atoms with E-state index in [1.54, 1.807) is 0 Å². The van der Waals surface area contributed by atoms with E-state index in [2.05, 4.69) is 9.80 Å². The van der Waals surface area contributed by atoms with E-state index < -0.39 is 0 Å². The van der Waals surface area contributed by atoms with Crippen LogP contribution >= 0.6 is 11.6 Å². The zero-order chi connectivity index (χ0) is 16.8. The zero-order valence-corrected chi connectivity index (χ0v) is 15.3. The van der Waals surface area contributed by atoms with E-state index in [0.29, 0.717) is 12.5 Å². The molecule has 0 spiro atoms. The van der Waals surface area contributed by atoms with Gasteiger partial charge >= 0.3 is 0 Å². The molecule has 132 valence electrons. The van der Waals surface area contributed by atoms with Crippen LogP contribution in [0.15, 0.2) is 24.3 Å². The molecule has 0 unspecified atom stereocenters. The van der Waals surface area contributed by atoms with E-state index in [9.17, 15) is 4.79 Å². The second-order valence-corrected chi connectivity index (χ2v) is 7.67. The monoisotopic (exact) mass is 348 g/mol. The first-order chi connectivity index (χ1) is 11.7. The summed E-state index contributed by atoms with van der Waals surface area (Å²) in [5, 5.41) is 0.726. The maximum absolute atomic E-state index is 12.8. The van der Waals surface area contributed by atoms with Crippen LogP contribution in [0.3, 0.4) is 0 Å². The number of rotatable bonds is 5. The van der Waals surface area contributed by atoms with Crippen LogP contribution in [-0.2, 0) is 11.2 Å². The number of hydrogen-bond acceptors (Lipinski definition) is 2. The highest BCUT2D eigenvalue weighted by atomic mass is 35.5. The van der Waals surface area contributed by atoms with Gasteiger partial charge in [-0.05, 0) is 69.3 Å².